The number of fused-ring (bicyclic) bond motifs is 1. The van der Waals surface area contributed by atoms with Gasteiger partial charge in [-0.1, -0.05) is 18.2 Å². The molecule has 1 aliphatic rings. The second-order valence-electron chi connectivity index (χ2n) is 5.42. The minimum Gasteiger partial charge on any atom is -0.324 e. The van der Waals surface area contributed by atoms with Gasteiger partial charge in [0, 0.05) is 23.8 Å². The number of aromatic nitrogens is 2. The van der Waals surface area contributed by atoms with Crippen molar-refractivity contribution in [2.45, 2.75) is 46.2 Å². The van der Waals surface area contributed by atoms with Gasteiger partial charge in [0.15, 0.2) is 0 Å². The Morgan fingerprint density at radius 3 is 2.84 bits per heavy atom. The second-order valence-corrected chi connectivity index (χ2v) is 5.42. The minimum atomic E-state index is 0.226. The summed E-state index contributed by atoms with van der Waals surface area (Å²) in [5, 5.41) is 4.61. The normalized spacial score (nSPS) is 17.8. The third-order valence-electron chi connectivity index (χ3n) is 4.24. The molecule has 2 N–H and O–H groups in total. The fourth-order valence-electron chi connectivity index (χ4n) is 3.23. The standard InChI is InChI=1S/C16H21N3/c1-4-19-11(3)16(10(2)18-19)13-5-7-14-12(9-13)6-8-15(14)17/h5,7,9,15H,4,6,8,17H2,1-3H3. The molecule has 1 heterocycles. The Hall–Kier alpha value is -1.61. The number of rotatable bonds is 2. The number of nitrogens with two attached hydrogens (primary N) is 1. The van der Waals surface area contributed by atoms with Crippen molar-refractivity contribution < 1.29 is 0 Å². The maximum absolute atomic E-state index is 6.10. The van der Waals surface area contributed by atoms with E-state index in [2.05, 4.69) is 48.8 Å². The van der Waals surface area contributed by atoms with Gasteiger partial charge in [0.1, 0.15) is 0 Å². The van der Waals surface area contributed by atoms with E-state index >= 15 is 0 Å². The zero-order chi connectivity index (χ0) is 13.6. The summed E-state index contributed by atoms with van der Waals surface area (Å²) in [5.41, 5.74) is 13.8. The topological polar surface area (TPSA) is 43.8 Å². The van der Waals surface area contributed by atoms with Gasteiger partial charge in [-0.2, -0.15) is 5.10 Å². The average molecular weight is 255 g/mol. The summed E-state index contributed by atoms with van der Waals surface area (Å²) in [6.45, 7) is 7.29. The average Bonchev–Trinajstić information content (AvgIpc) is 2.90. The van der Waals surface area contributed by atoms with Crippen LogP contribution in [-0.2, 0) is 13.0 Å². The monoisotopic (exact) mass is 255 g/mol. The van der Waals surface area contributed by atoms with Crippen molar-refractivity contribution in [2.75, 3.05) is 0 Å². The van der Waals surface area contributed by atoms with Gasteiger partial charge in [0.25, 0.3) is 0 Å². The number of hydrogen-bond acceptors (Lipinski definition) is 2. The maximum atomic E-state index is 6.10. The van der Waals surface area contributed by atoms with Crippen LogP contribution in [-0.4, -0.2) is 9.78 Å². The molecule has 100 valence electrons. The summed E-state index contributed by atoms with van der Waals surface area (Å²) >= 11 is 0. The summed E-state index contributed by atoms with van der Waals surface area (Å²) < 4.78 is 2.07. The smallest absolute Gasteiger partial charge is 0.0674 e. The predicted molar refractivity (Wildman–Crippen MR) is 78.1 cm³/mol. The largest absolute Gasteiger partial charge is 0.324 e. The molecule has 0 saturated heterocycles. The first-order chi connectivity index (χ1) is 9.11. The Balaban J connectivity index is 2.11. The van der Waals surface area contributed by atoms with Crippen LogP contribution >= 0.6 is 0 Å². The van der Waals surface area contributed by atoms with Gasteiger partial charge >= 0.3 is 0 Å². The molecule has 0 spiro atoms. The van der Waals surface area contributed by atoms with Crippen LogP contribution in [0.3, 0.4) is 0 Å². The fraction of sp³-hybridized carbons (Fsp3) is 0.438. The molecule has 1 unspecified atom stereocenters. The van der Waals surface area contributed by atoms with Crippen molar-refractivity contribution in [3.05, 3.63) is 40.7 Å². The highest BCUT2D eigenvalue weighted by atomic mass is 15.3. The van der Waals surface area contributed by atoms with Crippen LogP contribution in [0.1, 0.15) is 41.9 Å². The highest BCUT2D eigenvalue weighted by Crippen LogP contribution is 2.34. The van der Waals surface area contributed by atoms with E-state index in [0.717, 1.165) is 25.1 Å². The molecule has 3 heteroatoms. The first-order valence-electron chi connectivity index (χ1n) is 7.04. The van der Waals surface area contributed by atoms with Gasteiger partial charge in [-0.3, -0.25) is 4.68 Å². The van der Waals surface area contributed by atoms with E-state index in [1.165, 1.54) is 27.9 Å². The molecular weight excluding hydrogens is 234 g/mol. The Bertz CT molecular complexity index is 625. The zero-order valence-electron chi connectivity index (χ0n) is 11.9. The van der Waals surface area contributed by atoms with E-state index in [9.17, 15) is 0 Å². The van der Waals surface area contributed by atoms with E-state index in [4.69, 9.17) is 5.73 Å². The Labute approximate surface area is 114 Å². The number of hydrogen-bond donors (Lipinski definition) is 1. The molecule has 0 saturated carbocycles. The van der Waals surface area contributed by atoms with Crippen molar-refractivity contribution in [3.8, 4) is 11.1 Å². The number of aryl methyl sites for hydroxylation is 3. The Morgan fingerprint density at radius 2 is 2.16 bits per heavy atom. The molecular formula is C16H21N3. The third-order valence-corrected chi connectivity index (χ3v) is 4.24. The van der Waals surface area contributed by atoms with E-state index in [-0.39, 0.29) is 6.04 Å². The van der Waals surface area contributed by atoms with Crippen molar-refractivity contribution in [2.24, 2.45) is 5.73 Å². The van der Waals surface area contributed by atoms with Crippen molar-refractivity contribution in [1.82, 2.24) is 9.78 Å². The van der Waals surface area contributed by atoms with Crippen LogP contribution in [0.15, 0.2) is 18.2 Å². The molecule has 1 atom stereocenters. The summed E-state index contributed by atoms with van der Waals surface area (Å²) in [4.78, 5) is 0. The van der Waals surface area contributed by atoms with Gasteiger partial charge in [0.05, 0.1) is 5.69 Å². The third kappa shape index (κ3) is 1.89. The first kappa shape index (κ1) is 12.4. The summed E-state index contributed by atoms with van der Waals surface area (Å²) in [7, 11) is 0. The Morgan fingerprint density at radius 1 is 1.37 bits per heavy atom. The molecule has 1 aliphatic carbocycles. The number of benzene rings is 1. The fourth-order valence-corrected chi connectivity index (χ4v) is 3.23. The molecule has 2 aromatic rings. The summed E-state index contributed by atoms with van der Waals surface area (Å²) in [6.07, 6.45) is 2.18. The molecule has 0 fully saturated rings. The van der Waals surface area contributed by atoms with Crippen LogP contribution in [0.25, 0.3) is 11.1 Å². The van der Waals surface area contributed by atoms with Crippen LogP contribution in [0.4, 0.5) is 0 Å². The van der Waals surface area contributed by atoms with E-state index < -0.39 is 0 Å². The van der Waals surface area contributed by atoms with Gasteiger partial charge in [-0.05, 0) is 50.3 Å². The molecule has 3 rings (SSSR count). The van der Waals surface area contributed by atoms with Crippen molar-refractivity contribution in [3.63, 3.8) is 0 Å². The highest BCUT2D eigenvalue weighted by molar-refractivity contribution is 5.70. The number of nitrogens with zero attached hydrogens (tertiary/aromatic N) is 2. The lowest BCUT2D eigenvalue weighted by molar-refractivity contribution is 0.634. The van der Waals surface area contributed by atoms with Gasteiger partial charge in [-0.25, -0.2) is 0 Å². The molecule has 0 amide bonds. The Kier molecular flexibility index (Phi) is 2.94. The van der Waals surface area contributed by atoms with Crippen LogP contribution in [0.2, 0.25) is 0 Å². The van der Waals surface area contributed by atoms with Gasteiger partial charge in [-0.15, -0.1) is 0 Å². The zero-order valence-corrected chi connectivity index (χ0v) is 11.9. The molecule has 1 aromatic heterocycles. The SMILES string of the molecule is CCn1nc(C)c(-c2ccc3c(c2)CCC3N)c1C. The lowest BCUT2D eigenvalue weighted by Gasteiger charge is -2.08. The van der Waals surface area contributed by atoms with Crippen LogP contribution < -0.4 is 5.73 Å². The van der Waals surface area contributed by atoms with Crippen LogP contribution in [0.5, 0.6) is 0 Å². The van der Waals surface area contributed by atoms with Gasteiger partial charge < -0.3 is 5.73 Å². The lowest BCUT2D eigenvalue weighted by atomic mass is 9.98. The van der Waals surface area contributed by atoms with Gasteiger partial charge in [0.2, 0.25) is 0 Å². The summed E-state index contributed by atoms with van der Waals surface area (Å²) in [6, 6.07) is 6.93. The van der Waals surface area contributed by atoms with Crippen LogP contribution in [0, 0.1) is 13.8 Å². The molecule has 0 radical (unpaired) electrons. The molecule has 0 aliphatic heterocycles. The lowest BCUT2D eigenvalue weighted by Crippen LogP contribution is -2.04. The van der Waals surface area contributed by atoms with E-state index in [0.29, 0.717) is 0 Å². The summed E-state index contributed by atoms with van der Waals surface area (Å²) in [5.74, 6) is 0. The maximum Gasteiger partial charge on any atom is 0.0674 e. The molecule has 19 heavy (non-hydrogen) atoms. The van der Waals surface area contributed by atoms with E-state index in [1.54, 1.807) is 0 Å². The highest BCUT2D eigenvalue weighted by Gasteiger charge is 2.20. The van der Waals surface area contributed by atoms with Crippen molar-refractivity contribution in [1.29, 1.82) is 0 Å². The quantitative estimate of drug-likeness (QED) is 0.896. The van der Waals surface area contributed by atoms with E-state index in [1.807, 2.05) is 0 Å². The molecule has 0 bridgehead atoms. The predicted octanol–water partition coefficient (Wildman–Crippen LogP) is 3.13. The minimum absolute atomic E-state index is 0.226. The first-order valence-corrected chi connectivity index (χ1v) is 7.04. The van der Waals surface area contributed by atoms with Crippen molar-refractivity contribution >= 4 is 0 Å². The molecule has 1 aromatic carbocycles. The second kappa shape index (κ2) is 4.49. The molecule has 3 nitrogen and oxygen atoms in total.